The Morgan fingerprint density at radius 3 is 2.31 bits per heavy atom. The van der Waals surface area contributed by atoms with Gasteiger partial charge in [0.15, 0.2) is 6.29 Å². The lowest BCUT2D eigenvalue weighted by molar-refractivity contribution is -0.257. The molecule has 160 valence electrons. The van der Waals surface area contributed by atoms with E-state index in [1.165, 1.54) is 76.2 Å². The second-order valence-corrected chi connectivity index (χ2v) is 9.20. The quantitative estimate of drug-likeness (QED) is 0.423. The van der Waals surface area contributed by atoms with E-state index in [1.807, 2.05) is 12.1 Å². The summed E-state index contributed by atoms with van der Waals surface area (Å²) < 4.78 is 12.6. The standard InChI is InChI=1S/C26H39NO2/c1-3-4-5-6-7-8-9-25-19-28-26(29-20(25)2)24-16-14-23(15-17-24)22-12-10-21(18-27)11-13-22/h10-13,20,23-26H,3-9,14-17,19H2,1-2H3/t20-,23?,24?,25+,26+/m1/s1. The molecular formula is C26H39NO2. The number of unbranched alkanes of at least 4 members (excludes halogenated alkanes) is 5. The lowest BCUT2D eigenvalue weighted by Gasteiger charge is -2.40. The number of hydrogen-bond acceptors (Lipinski definition) is 3. The highest BCUT2D eigenvalue weighted by atomic mass is 16.7. The van der Waals surface area contributed by atoms with E-state index in [-0.39, 0.29) is 6.29 Å². The molecule has 3 heteroatoms. The van der Waals surface area contributed by atoms with E-state index >= 15 is 0 Å². The number of nitrogens with zero attached hydrogens (tertiary/aromatic N) is 1. The number of rotatable bonds is 9. The molecule has 0 radical (unpaired) electrons. The molecular weight excluding hydrogens is 358 g/mol. The smallest absolute Gasteiger partial charge is 0.160 e. The van der Waals surface area contributed by atoms with Gasteiger partial charge in [-0.25, -0.2) is 0 Å². The van der Waals surface area contributed by atoms with Crippen LogP contribution in [0.1, 0.15) is 102 Å². The number of ether oxygens (including phenoxy) is 2. The summed E-state index contributed by atoms with van der Waals surface area (Å²) in [7, 11) is 0. The summed E-state index contributed by atoms with van der Waals surface area (Å²) in [6, 6.07) is 10.4. The molecule has 0 unspecified atom stereocenters. The van der Waals surface area contributed by atoms with Crippen molar-refractivity contribution >= 4 is 0 Å². The van der Waals surface area contributed by atoms with Crippen LogP contribution in [-0.4, -0.2) is 19.0 Å². The van der Waals surface area contributed by atoms with Crippen molar-refractivity contribution in [3.05, 3.63) is 35.4 Å². The number of benzene rings is 1. The van der Waals surface area contributed by atoms with Crippen molar-refractivity contribution in [2.75, 3.05) is 6.61 Å². The molecule has 0 aromatic heterocycles. The third kappa shape index (κ3) is 6.56. The topological polar surface area (TPSA) is 42.2 Å². The largest absolute Gasteiger partial charge is 0.352 e. The minimum Gasteiger partial charge on any atom is -0.352 e. The molecule has 2 aliphatic rings. The molecule has 1 saturated carbocycles. The Hall–Kier alpha value is -1.37. The Labute approximate surface area is 177 Å². The molecule has 0 N–H and O–H groups in total. The molecule has 3 nitrogen and oxygen atoms in total. The van der Waals surface area contributed by atoms with Crippen molar-refractivity contribution < 1.29 is 9.47 Å². The Balaban J connectivity index is 1.37. The van der Waals surface area contributed by atoms with Gasteiger partial charge in [0, 0.05) is 11.8 Å². The molecule has 1 saturated heterocycles. The van der Waals surface area contributed by atoms with Gasteiger partial charge in [0.05, 0.1) is 24.3 Å². The van der Waals surface area contributed by atoms with Gasteiger partial charge in [-0.1, -0.05) is 57.6 Å². The summed E-state index contributed by atoms with van der Waals surface area (Å²) in [6.45, 7) is 5.39. The van der Waals surface area contributed by atoms with Crippen LogP contribution in [-0.2, 0) is 9.47 Å². The first-order chi connectivity index (χ1) is 14.2. The van der Waals surface area contributed by atoms with Gasteiger partial charge in [-0.15, -0.1) is 0 Å². The zero-order chi connectivity index (χ0) is 20.5. The van der Waals surface area contributed by atoms with Gasteiger partial charge in [0.2, 0.25) is 0 Å². The van der Waals surface area contributed by atoms with Crippen LogP contribution in [0, 0.1) is 23.2 Å². The predicted molar refractivity (Wildman–Crippen MR) is 118 cm³/mol. The minimum absolute atomic E-state index is 0.00674. The maximum absolute atomic E-state index is 8.97. The third-order valence-corrected chi connectivity index (χ3v) is 7.08. The summed E-state index contributed by atoms with van der Waals surface area (Å²) in [5, 5.41) is 8.97. The Morgan fingerprint density at radius 1 is 0.966 bits per heavy atom. The van der Waals surface area contributed by atoms with Gasteiger partial charge in [0.1, 0.15) is 0 Å². The monoisotopic (exact) mass is 397 g/mol. The molecule has 3 rings (SSSR count). The summed E-state index contributed by atoms with van der Waals surface area (Å²) >= 11 is 0. The van der Waals surface area contributed by atoms with E-state index in [4.69, 9.17) is 14.7 Å². The van der Waals surface area contributed by atoms with E-state index in [0.29, 0.717) is 23.9 Å². The Kier molecular flexibility index (Phi) is 9.02. The van der Waals surface area contributed by atoms with E-state index < -0.39 is 0 Å². The molecule has 1 aliphatic carbocycles. The molecule has 0 amide bonds. The van der Waals surface area contributed by atoms with Crippen LogP contribution in [0.5, 0.6) is 0 Å². The first-order valence-corrected chi connectivity index (χ1v) is 12.0. The minimum atomic E-state index is -0.00674. The highest BCUT2D eigenvalue weighted by Crippen LogP contribution is 2.40. The molecule has 2 fully saturated rings. The maximum atomic E-state index is 8.97. The fourth-order valence-electron chi connectivity index (χ4n) is 5.02. The van der Waals surface area contributed by atoms with Crippen LogP contribution >= 0.6 is 0 Å². The van der Waals surface area contributed by atoms with Crippen molar-refractivity contribution in [3.63, 3.8) is 0 Å². The first kappa shape index (κ1) is 22.3. The van der Waals surface area contributed by atoms with Crippen LogP contribution < -0.4 is 0 Å². The van der Waals surface area contributed by atoms with Gasteiger partial charge in [-0.05, 0) is 62.6 Å². The van der Waals surface area contributed by atoms with Crippen molar-refractivity contribution in [2.24, 2.45) is 11.8 Å². The van der Waals surface area contributed by atoms with E-state index in [0.717, 1.165) is 12.2 Å². The molecule has 1 aromatic carbocycles. The SMILES string of the molecule is CCCCCCCC[C@H]1CO[C@H](C2CCC(c3ccc(C#N)cc3)CC2)O[C@@H]1C. The van der Waals surface area contributed by atoms with Crippen molar-refractivity contribution in [1.82, 2.24) is 0 Å². The van der Waals surface area contributed by atoms with Gasteiger partial charge in [-0.2, -0.15) is 5.26 Å². The normalized spacial score (nSPS) is 30.0. The first-order valence-electron chi connectivity index (χ1n) is 12.0. The molecule has 1 aliphatic heterocycles. The fraction of sp³-hybridized carbons (Fsp3) is 0.731. The molecule has 1 heterocycles. The predicted octanol–water partition coefficient (Wildman–Crippen LogP) is 6.96. The second-order valence-electron chi connectivity index (χ2n) is 9.20. The van der Waals surface area contributed by atoms with Gasteiger partial charge < -0.3 is 9.47 Å². The highest BCUT2D eigenvalue weighted by molar-refractivity contribution is 5.33. The third-order valence-electron chi connectivity index (χ3n) is 7.08. The van der Waals surface area contributed by atoms with Crippen LogP contribution in [0.2, 0.25) is 0 Å². The average Bonchev–Trinajstić information content (AvgIpc) is 2.77. The van der Waals surface area contributed by atoms with E-state index in [9.17, 15) is 0 Å². The highest BCUT2D eigenvalue weighted by Gasteiger charge is 2.35. The molecule has 0 spiro atoms. The van der Waals surface area contributed by atoms with E-state index in [1.54, 1.807) is 0 Å². The van der Waals surface area contributed by atoms with Crippen LogP contribution in [0.3, 0.4) is 0 Å². The van der Waals surface area contributed by atoms with Gasteiger partial charge in [-0.3, -0.25) is 0 Å². The Bertz CT molecular complexity index is 627. The van der Waals surface area contributed by atoms with Crippen LogP contribution in [0.25, 0.3) is 0 Å². The summed E-state index contributed by atoms with van der Waals surface area (Å²) in [6.07, 6.45) is 14.4. The van der Waals surface area contributed by atoms with Crippen molar-refractivity contribution in [1.29, 1.82) is 5.26 Å². The van der Waals surface area contributed by atoms with Crippen molar-refractivity contribution in [3.8, 4) is 6.07 Å². The second kappa shape index (κ2) is 11.7. The Morgan fingerprint density at radius 2 is 1.66 bits per heavy atom. The average molecular weight is 398 g/mol. The van der Waals surface area contributed by atoms with Crippen molar-refractivity contribution in [2.45, 2.75) is 103 Å². The lowest BCUT2D eigenvalue weighted by atomic mass is 9.78. The molecule has 29 heavy (non-hydrogen) atoms. The summed E-state index contributed by atoms with van der Waals surface area (Å²) in [5.41, 5.74) is 2.12. The zero-order valence-corrected chi connectivity index (χ0v) is 18.4. The van der Waals surface area contributed by atoms with Gasteiger partial charge >= 0.3 is 0 Å². The van der Waals surface area contributed by atoms with Crippen LogP contribution in [0.4, 0.5) is 0 Å². The molecule has 0 bridgehead atoms. The van der Waals surface area contributed by atoms with Crippen LogP contribution in [0.15, 0.2) is 24.3 Å². The number of nitriles is 1. The molecule has 1 aromatic rings. The summed E-state index contributed by atoms with van der Waals surface area (Å²) in [4.78, 5) is 0. The zero-order valence-electron chi connectivity index (χ0n) is 18.4. The van der Waals surface area contributed by atoms with E-state index in [2.05, 4.69) is 32.0 Å². The summed E-state index contributed by atoms with van der Waals surface area (Å²) in [5.74, 6) is 1.70. The number of hydrogen-bond donors (Lipinski definition) is 0. The lowest BCUT2D eigenvalue weighted by Crippen LogP contribution is -2.42. The molecule has 3 atom stereocenters. The fourth-order valence-corrected chi connectivity index (χ4v) is 5.02. The van der Waals surface area contributed by atoms with Gasteiger partial charge in [0.25, 0.3) is 0 Å². The maximum Gasteiger partial charge on any atom is 0.160 e.